The Labute approximate surface area is 111 Å². The Balaban J connectivity index is 2.91. The van der Waals surface area contributed by atoms with E-state index >= 15 is 0 Å². The van der Waals surface area contributed by atoms with Crippen molar-refractivity contribution >= 4 is 15.2 Å². The van der Waals surface area contributed by atoms with Gasteiger partial charge in [0.2, 0.25) is 0 Å². The molecule has 1 saturated carbocycles. The first kappa shape index (κ1) is 17.3. The first-order chi connectivity index (χ1) is 8.51. The molecule has 1 aliphatic rings. The van der Waals surface area contributed by atoms with Crippen LogP contribution in [0.2, 0.25) is 0 Å². The second-order valence-electron chi connectivity index (χ2n) is 5.20. The minimum absolute atomic E-state index is 0.163. The van der Waals surface area contributed by atoms with Gasteiger partial charge in [-0.3, -0.25) is 9.13 Å². The zero-order valence-electron chi connectivity index (χ0n) is 10.4. The third kappa shape index (κ3) is 3.86. The first-order valence-corrected chi connectivity index (χ1v) is 9.27. The summed E-state index contributed by atoms with van der Waals surface area (Å²) >= 11 is 0. The van der Waals surface area contributed by atoms with Gasteiger partial charge in [0.1, 0.15) is 0 Å². The monoisotopic (exact) mass is 317 g/mol. The Kier molecular flexibility index (Phi) is 5.38. The maximum absolute atomic E-state index is 11.3. The molecular weight excluding hydrogens is 296 g/mol. The molecule has 0 radical (unpaired) electrons. The molecule has 0 aromatic rings. The Morgan fingerprint density at radius 3 is 1.95 bits per heavy atom. The van der Waals surface area contributed by atoms with Crippen LogP contribution in [0.25, 0.3) is 0 Å². The molecule has 114 valence electrons. The van der Waals surface area contributed by atoms with Crippen LogP contribution in [-0.2, 0) is 9.13 Å². The van der Waals surface area contributed by atoms with Crippen molar-refractivity contribution in [2.75, 3.05) is 6.54 Å². The lowest BCUT2D eigenvalue weighted by atomic mass is 9.80. The van der Waals surface area contributed by atoms with E-state index < -0.39 is 26.7 Å². The molecular formula is C9H21NO7P2. The van der Waals surface area contributed by atoms with Crippen LogP contribution in [-0.4, -0.2) is 36.3 Å². The highest BCUT2D eigenvalue weighted by Gasteiger charge is 2.60. The van der Waals surface area contributed by atoms with Crippen molar-refractivity contribution < 1.29 is 33.8 Å². The average molecular weight is 317 g/mol. The zero-order valence-corrected chi connectivity index (χ0v) is 12.2. The molecule has 0 aliphatic heterocycles. The van der Waals surface area contributed by atoms with Gasteiger partial charge in [-0.15, -0.1) is 0 Å². The second kappa shape index (κ2) is 5.92. The van der Waals surface area contributed by atoms with Gasteiger partial charge in [-0.2, -0.15) is 0 Å². The molecule has 0 heterocycles. The van der Waals surface area contributed by atoms with E-state index in [1.54, 1.807) is 0 Å². The van der Waals surface area contributed by atoms with Gasteiger partial charge in [-0.1, -0.05) is 12.8 Å². The third-order valence-corrected chi connectivity index (χ3v) is 7.51. The fourth-order valence-electron chi connectivity index (χ4n) is 2.60. The third-order valence-electron chi connectivity index (χ3n) is 3.72. The van der Waals surface area contributed by atoms with Crippen molar-refractivity contribution in [2.45, 2.75) is 37.2 Å². The Bertz CT molecular complexity index is 381. The summed E-state index contributed by atoms with van der Waals surface area (Å²) in [6, 6.07) is 0. The van der Waals surface area contributed by atoms with E-state index in [4.69, 9.17) is 25.3 Å². The van der Waals surface area contributed by atoms with E-state index in [0.717, 1.165) is 12.8 Å². The summed E-state index contributed by atoms with van der Waals surface area (Å²) in [5.74, 6) is -0.191. The van der Waals surface area contributed by atoms with Gasteiger partial charge >= 0.3 is 15.2 Å². The summed E-state index contributed by atoms with van der Waals surface area (Å²) in [7, 11) is -10.7. The van der Waals surface area contributed by atoms with E-state index in [2.05, 4.69) is 0 Å². The van der Waals surface area contributed by atoms with Gasteiger partial charge in [-0.05, 0) is 31.2 Å². The van der Waals surface area contributed by atoms with Crippen LogP contribution in [0.1, 0.15) is 32.1 Å². The number of nitrogens with two attached hydrogens (primary N) is 1. The molecule has 1 aliphatic carbocycles. The van der Waals surface area contributed by atoms with Gasteiger partial charge in [-0.25, -0.2) is 0 Å². The van der Waals surface area contributed by atoms with Gasteiger partial charge in [0.15, 0.2) is 0 Å². The van der Waals surface area contributed by atoms with Crippen LogP contribution in [0.3, 0.4) is 0 Å². The van der Waals surface area contributed by atoms with E-state index in [1.807, 2.05) is 0 Å². The van der Waals surface area contributed by atoms with Crippen molar-refractivity contribution in [1.29, 1.82) is 0 Å². The lowest BCUT2D eigenvalue weighted by Crippen LogP contribution is -2.34. The molecule has 1 rings (SSSR count). The van der Waals surface area contributed by atoms with E-state index in [0.29, 0.717) is 19.4 Å². The van der Waals surface area contributed by atoms with Gasteiger partial charge in [0.25, 0.3) is 5.08 Å². The van der Waals surface area contributed by atoms with Crippen LogP contribution in [0.4, 0.5) is 0 Å². The molecule has 0 amide bonds. The summed E-state index contributed by atoms with van der Waals surface area (Å²) in [4.78, 5) is 36.3. The minimum Gasteiger partial charge on any atom is -0.368 e. The largest absolute Gasteiger partial charge is 0.369 e. The van der Waals surface area contributed by atoms with Crippen LogP contribution in [0.15, 0.2) is 0 Å². The number of rotatable bonds is 5. The molecule has 19 heavy (non-hydrogen) atoms. The molecule has 10 heteroatoms. The van der Waals surface area contributed by atoms with Crippen molar-refractivity contribution in [3.05, 3.63) is 0 Å². The highest BCUT2D eigenvalue weighted by Crippen LogP contribution is 2.70. The Hall–Kier alpha value is 0.220. The molecule has 0 bridgehead atoms. The molecule has 1 fully saturated rings. The lowest BCUT2D eigenvalue weighted by molar-refractivity contribution is 0.0923. The molecule has 0 spiro atoms. The van der Waals surface area contributed by atoms with E-state index in [-0.39, 0.29) is 11.8 Å². The van der Waals surface area contributed by atoms with E-state index in [9.17, 15) is 14.2 Å². The summed E-state index contributed by atoms with van der Waals surface area (Å²) in [5.41, 5.74) is 5.53. The van der Waals surface area contributed by atoms with Crippen LogP contribution >= 0.6 is 15.2 Å². The molecule has 8 nitrogen and oxygen atoms in total. The molecule has 0 aromatic heterocycles. The summed E-state index contributed by atoms with van der Waals surface area (Å²) in [5, 5.41) is 6.55. The van der Waals surface area contributed by atoms with Crippen molar-refractivity contribution in [2.24, 2.45) is 17.6 Å². The predicted octanol–water partition coefficient (Wildman–Crippen LogP) is 0.143. The smallest absolute Gasteiger partial charge is 0.368 e. The maximum atomic E-state index is 11.3. The average Bonchev–Trinajstić information content (AvgIpc) is 2.26. The molecule has 0 saturated heterocycles. The fraction of sp³-hybridized carbons (Fsp3) is 1.00. The zero-order chi connectivity index (χ0) is 14.9. The normalized spacial score (nSPS) is 26.4. The Morgan fingerprint density at radius 2 is 1.53 bits per heavy atom. The molecule has 7 N–H and O–H groups in total. The highest BCUT2D eigenvalue weighted by atomic mass is 31.2. The fourth-order valence-corrected chi connectivity index (χ4v) is 4.95. The SMILES string of the molecule is NCC1CCCC(CC(O)(P(=O)(O)O)P(=O)(O)O)C1. The van der Waals surface area contributed by atoms with E-state index in [1.165, 1.54) is 0 Å². The molecule has 2 atom stereocenters. The van der Waals surface area contributed by atoms with Crippen LogP contribution in [0.5, 0.6) is 0 Å². The topological polar surface area (TPSA) is 161 Å². The summed E-state index contributed by atoms with van der Waals surface area (Å²) in [6.07, 6.45) is 2.12. The molecule has 2 unspecified atom stereocenters. The van der Waals surface area contributed by atoms with Gasteiger partial charge < -0.3 is 30.4 Å². The number of hydrogen-bond donors (Lipinski definition) is 6. The van der Waals surface area contributed by atoms with Gasteiger partial charge in [0, 0.05) is 6.42 Å². The van der Waals surface area contributed by atoms with Crippen molar-refractivity contribution in [3.63, 3.8) is 0 Å². The Morgan fingerprint density at radius 1 is 1.05 bits per heavy atom. The number of aliphatic hydroxyl groups is 1. The van der Waals surface area contributed by atoms with Crippen molar-refractivity contribution in [1.82, 2.24) is 0 Å². The summed E-state index contributed by atoms with van der Waals surface area (Å²) < 4.78 is 22.5. The van der Waals surface area contributed by atoms with Crippen LogP contribution < -0.4 is 5.73 Å². The quantitative estimate of drug-likeness (QED) is 0.390. The van der Waals surface area contributed by atoms with Gasteiger partial charge in [0.05, 0.1) is 0 Å². The van der Waals surface area contributed by atoms with Crippen LogP contribution in [0, 0.1) is 11.8 Å². The lowest BCUT2D eigenvalue weighted by Gasteiger charge is -2.35. The predicted molar refractivity (Wildman–Crippen MR) is 68.2 cm³/mol. The second-order valence-corrected chi connectivity index (χ2v) is 9.21. The highest BCUT2D eigenvalue weighted by molar-refractivity contribution is 7.72. The van der Waals surface area contributed by atoms with Crippen molar-refractivity contribution in [3.8, 4) is 0 Å². The first-order valence-electron chi connectivity index (χ1n) is 6.05. The maximum Gasteiger partial charge on any atom is 0.369 e. The minimum atomic E-state index is -5.34. The molecule has 0 aromatic carbocycles. The summed E-state index contributed by atoms with van der Waals surface area (Å²) in [6.45, 7) is 0.417. The standard InChI is InChI=1S/C9H21NO7P2/c10-6-8-3-1-2-7(4-8)5-9(11,18(12,13)14)19(15,16)17/h7-8,11H,1-6,10H2,(H2,12,13,14)(H2,15,16,17). The number of hydrogen-bond acceptors (Lipinski definition) is 4.